The lowest BCUT2D eigenvalue weighted by atomic mass is 10.1. The molecular formula is C23H23N3O7S. The van der Waals surface area contributed by atoms with Crippen LogP contribution < -0.4 is 5.32 Å². The minimum absolute atomic E-state index is 0.0887. The van der Waals surface area contributed by atoms with Crippen molar-refractivity contribution >= 4 is 39.4 Å². The molecule has 0 radical (unpaired) electrons. The van der Waals surface area contributed by atoms with Crippen LogP contribution in [0.25, 0.3) is 0 Å². The number of hydrogen-bond donors (Lipinski definition) is 1. The van der Waals surface area contributed by atoms with Gasteiger partial charge in [-0.15, -0.1) is 0 Å². The van der Waals surface area contributed by atoms with Crippen LogP contribution in [0.5, 0.6) is 0 Å². The molecule has 1 atom stereocenters. The van der Waals surface area contributed by atoms with E-state index >= 15 is 0 Å². The average Bonchev–Trinajstić information content (AvgIpc) is 3.39. The summed E-state index contributed by atoms with van der Waals surface area (Å²) in [6.07, 6.45) is 0.785. The number of carbonyl (C=O) groups excluding carboxylic acids is 4. The molecule has 0 bridgehead atoms. The predicted octanol–water partition coefficient (Wildman–Crippen LogP) is 1.56. The van der Waals surface area contributed by atoms with Crippen LogP contribution >= 0.6 is 0 Å². The van der Waals surface area contributed by atoms with Crippen molar-refractivity contribution in [1.29, 1.82) is 0 Å². The number of nitrogens with one attached hydrogen (secondary N) is 1. The van der Waals surface area contributed by atoms with Crippen LogP contribution in [0.2, 0.25) is 0 Å². The van der Waals surface area contributed by atoms with Crippen LogP contribution in [0.15, 0.2) is 47.4 Å². The van der Waals surface area contributed by atoms with Crippen molar-refractivity contribution in [3.05, 3.63) is 59.2 Å². The molecule has 178 valence electrons. The summed E-state index contributed by atoms with van der Waals surface area (Å²) in [4.78, 5) is 50.0. The van der Waals surface area contributed by atoms with Gasteiger partial charge in [0, 0.05) is 19.3 Å². The predicted molar refractivity (Wildman–Crippen MR) is 121 cm³/mol. The highest BCUT2D eigenvalue weighted by molar-refractivity contribution is 7.89. The van der Waals surface area contributed by atoms with Crippen LogP contribution in [-0.2, 0) is 24.3 Å². The number of fused-ring (bicyclic) bond motifs is 1. The van der Waals surface area contributed by atoms with Gasteiger partial charge in [0.05, 0.1) is 16.0 Å². The fourth-order valence-corrected chi connectivity index (χ4v) is 5.62. The Morgan fingerprint density at radius 1 is 1.06 bits per heavy atom. The summed E-state index contributed by atoms with van der Waals surface area (Å²) in [6, 6.07) is 9.62. The van der Waals surface area contributed by atoms with Gasteiger partial charge in [-0.25, -0.2) is 8.42 Å². The average molecular weight is 486 g/mol. The van der Waals surface area contributed by atoms with Gasteiger partial charge in [-0.1, -0.05) is 17.7 Å². The molecule has 34 heavy (non-hydrogen) atoms. The number of imide groups is 1. The maximum atomic E-state index is 13.0. The van der Waals surface area contributed by atoms with Gasteiger partial charge in [-0.05, 0) is 50.1 Å². The number of ether oxygens (including phenoxy) is 1. The molecule has 0 spiro atoms. The molecule has 2 heterocycles. The summed E-state index contributed by atoms with van der Waals surface area (Å²) in [5.74, 6) is -2.36. The van der Waals surface area contributed by atoms with E-state index in [-0.39, 0.29) is 28.3 Å². The van der Waals surface area contributed by atoms with Crippen LogP contribution in [0.1, 0.15) is 39.1 Å². The Labute approximate surface area is 196 Å². The second-order valence-corrected chi connectivity index (χ2v) is 10.1. The van der Waals surface area contributed by atoms with E-state index in [1.165, 1.54) is 37.4 Å². The summed E-state index contributed by atoms with van der Waals surface area (Å²) < 4.78 is 32.2. The first-order valence-corrected chi connectivity index (χ1v) is 12.0. The quantitative estimate of drug-likeness (QED) is 0.485. The summed E-state index contributed by atoms with van der Waals surface area (Å²) >= 11 is 0. The topological polar surface area (TPSA) is 130 Å². The second kappa shape index (κ2) is 8.99. The largest absolute Gasteiger partial charge is 0.454 e. The minimum atomic E-state index is -3.89. The third-order valence-corrected chi connectivity index (χ3v) is 7.74. The zero-order valence-electron chi connectivity index (χ0n) is 18.6. The molecule has 2 aliphatic heterocycles. The van der Waals surface area contributed by atoms with E-state index in [2.05, 4.69) is 5.32 Å². The van der Waals surface area contributed by atoms with Gasteiger partial charge >= 0.3 is 5.97 Å². The number of anilines is 1. The highest BCUT2D eigenvalue weighted by Gasteiger charge is 2.40. The summed E-state index contributed by atoms with van der Waals surface area (Å²) in [5, 5.41) is 2.51. The maximum Gasteiger partial charge on any atom is 0.324 e. The fourth-order valence-electron chi connectivity index (χ4n) is 3.98. The van der Waals surface area contributed by atoms with Crippen LogP contribution in [0, 0.1) is 6.92 Å². The summed E-state index contributed by atoms with van der Waals surface area (Å²) in [6.45, 7) is 1.40. The first kappa shape index (κ1) is 23.6. The Morgan fingerprint density at radius 3 is 2.44 bits per heavy atom. The lowest BCUT2D eigenvalue weighted by Gasteiger charge is -2.22. The molecule has 10 nitrogen and oxygen atoms in total. The Bertz CT molecular complexity index is 1290. The number of esters is 1. The van der Waals surface area contributed by atoms with E-state index in [0.717, 1.165) is 14.8 Å². The van der Waals surface area contributed by atoms with Crippen molar-refractivity contribution in [3.63, 3.8) is 0 Å². The highest BCUT2D eigenvalue weighted by atomic mass is 32.2. The Balaban J connectivity index is 1.38. The molecule has 2 aliphatic rings. The van der Waals surface area contributed by atoms with Crippen molar-refractivity contribution in [3.8, 4) is 0 Å². The number of nitrogens with zero attached hydrogens (tertiary/aromatic N) is 2. The minimum Gasteiger partial charge on any atom is -0.454 e. The molecule has 11 heteroatoms. The first-order chi connectivity index (χ1) is 16.1. The van der Waals surface area contributed by atoms with Gasteiger partial charge in [0.2, 0.25) is 10.0 Å². The fraction of sp³-hybridized carbons (Fsp3) is 0.304. The number of hydrogen-bond acceptors (Lipinski definition) is 7. The van der Waals surface area contributed by atoms with Crippen molar-refractivity contribution < 1.29 is 32.3 Å². The molecule has 0 aliphatic carbocycles. The SMILES string of the molecule is Cc1ccc(S(=O)(=O)N2CCCC2C(=O)OCC(=O)Nc2ccc3c(c2)C(=O)N(C)C3=O)cc1. The van der Waals surface area contributed by atoms with E-state index in [9.17, 15) is 27.6 Å². The van der Waals surface area contributed by atoms with Gasteiger partial charge in [-0.3, -0.25) is 24.1 Å². The van der Waals surface area contributed by atoms with Gasteiger partial charge in [-0.2, -0.15) is 4.31 Å². The van der Waals surface area contributed by atoms with Crippen LogP contribution in [0.3, 0.4) is 0 Å². The van der Waals surface area contributed by atoms with Crippen molar-refractivity contribution in [2.24, 2.45) is 0 Å². The maximum absolute atomic E-state index is 13.0. The zero-order valence-corrected chi connectivity index (χ0v) is 19.4. The number of rotatable bonds is 6. The van der Waals surface area contributed by atoms with E-state index in [4.69, 9.17) is 4.74 Å². The Kier molecular flexibility index (Phi) is 6.24. The smallest absolute Gasteiger partial charge is 0.324 e. The van der Waals surface area contributed by atoms with E-state index < -0.39 is 46.4 Å². The number of amides is 3. The second-order valence-electron chi connectivity index (χ2n) is 8.17. The Hall–Kier alpha value is -3.57. The number of carbonyl (C=O) groups is 4. The normalized spacial score (nSPS) is 18.2. The van der Waals surface area contributed by atoms with Gasteiger partial charge < -0.3 is 10.1 Å². The van der Waals surface area contributed by atoms with E-state index in [1.807, 2.05) is 6.92 Å². The Morgan fingerprint density at radius 2 is 1.74 bits per heavy atom. The molecule has 4 rings (SSSR count). The summed E-state index contributed by atoms with van der Waals surface area (Å²) in [5.41, 5.74) is 1.59. The number of sulfonamides is 1. The molecule has 1 saturated heterocycles. The first-order valence-electron chi connectivity index (χ1n) is 10.6. The number of aryl methyl sites for hydroxylation is 1. The van der Waals surface area contributed by atoms with Gasteiger partial charge in [0.25, 0.3) is 17.7 Å². The van der Waals surface area contributed by atoms with Crippen molar-refractivity contribution in [2.45, 2.75) is 30.7 Å². The van der Waals surface area contributed by atoms with Gasteiger partial charge in [0.15, 0.2) is 6.61 Å². The lowest BCUT2D eigenvalue weighted by molar-refractivity contribution is -0.150. The molecule has 1 fully saturated rings. The third-order valence-electron chi connectivity index (χ3n) is 5.82. The van der Waals surface area contributed by atoms with Crippen LogP contribution in [0.4, 0.5) is 5.69 Å². The standard InChI is InChI=1S/C23H23N3O7S/c1-14-5-8-16(9-6-14)34(31,32)26-11-3-4-19(26)23(30)33-13-20(27)24-15-7-10-17-18(12-15)22(29)25(2)21(17)28/h5-10,12,19H,3-4,11,13H2,1-2H3,(H,24,27). The molecule has 0 saturated carbocycles. The molecule has 1 unspecified atom stereocenters. The van der Waals surface area contributed by atoms with E-state index in [0.29, 0.717) is 12.8 Å². The monoisotopic (exact) mass is 485 g/mol. The highest BCUT2D eigenvalue weighted by Crippen LogP contribution is 2.27. The van der Waals surface area contributed by atoms with E-state index in [1.54, 1.807) is 12.1 Å². The number of benzene rings is 2. The van der Waals surface area contributed by atoms with Crippen molar-refractivity contribution in [1.82, 2.24) is 9.21 Å². The molecule has 2 aromatic carbocycles. The lowest BCUT2D eigenvalue weighted by Crippen LogP contribution is -2.42. The van der Waals surface area contributed by atoms with Crippen molar-refractivity contribution in [2.75, 3.05) is 25.5 Å². The molecule has 2 aromatic rings. The van der Waals surface area contributed by atoms with Gasteiger partial charge in [0.1, 0.15) is 6.04 Å². The molecular weight excluding hydrogens is 462 g/mol. The summed E-state index contributed by atoms with van der Waals surface area (Å²) in [7, 11) is -2.52. The third kappa shape index (κ3) is 4.31. The van der Waals surface area contributed by atoms with Crippen LogP contribution in [-0.4, -0.2) is 67.6 Å². The molecule has 1 N–H and O–H groups in total. The molecule has 0 aromatic heterocycles. The molecule has 3 amide bonds. The zero-order chi connectivity index (χ0) is 24.6.